The summed E-state index contributed by atoms with van der Waals surface area (Å²) in [5, 5.41) is 17.9. The zero-order valence-electron chi connectivity index (χ0n) is 31.2. The van der Waals surface area contributed by atoms with Crippen LogP contribution in [0.15, 0.2) is 212 Å². The number of benzene rings is 11. The molecule has 0 bridgehead atoms. The zero-order chi connectivity index (χ0) is 37.5. The van der Waals surface area contributed by atoms with Crippen LogP contribution in [0.4, 0.5) is 17.1 Å². The molecule has 1 heteroatoms. The second-order valence-electron chi connectivity index (χ2n) is 15.3. The minimum atomic E-state index is 1.11. The van der Waals surface area contributed by atoms with Gasteiger partial charge in [-0.05, 0) is 123 Å². The van der Waals surface area contributed by atoms with E-state index in [0.29, 0.717) is 0 Å². The van der Waals surface area contributed by atoms with Gasteiger partial charge in [-0.15, -0.1) is 0 Å². The van der Waals surface area contributed by atoms with Gasteiger partial charge in [0.2, 0.25) is 0 Å². The smallest absolute Gasteiger partial charge is 0.0546 e. The Labute approximate surface area is 330 Å². The van der Waals surface area contributed by atoms with E-state index < -0.39 is 0 Å². The van der Waals surface area contributed by atoms with Gasteiger partial charge in [0.05, 0.1) is 5.69 Å². The predicted molar refractivity (Wildman–Crippen MR) is 246 cm³/mol. The van der Waals surface area contributed by atoms with Crippen LogP contribution in [0.1, 0.15) is 0 Å². The number of nitrogens with zero attached hydrogens (tertiary/aromatic N) is 1. The average Bonchev–Trinajstić information content (AvgIpc) is 3.28. The maximum atomic E-state index is 2.46. The number of hydrogen-bond donors (Lipinski definition) is 0. The standard InChI is InChI=1S/C56H35N/c1-2-10-36(11-3-1)38-26-30-45(31-27-38)57(46-32-28-39(29-33-46)43-25-22-37-12-4-5-13-42(37)34-43)52-35-44-16-8-19-48-47-17-6-14-40-23-24-41-15-7-18-49(54(41)53(40)47)50-20-9-21-51(52)56(50)55(44)48/h1-35H. The van der Waals surface area contributed by atoms with E-state index in [1.807, 2.05) is 0 Å². The van der Waals surface area contributed by atoms with Gasteiger partial charge in [-0.3, -0.25) is 0 Å². The largest absolute Gasteiger partial charge is 0.310 e. The molecule has 264 valence electrons. The van der Waals surface area contributed by atoms with Crippen LogP contribution in [-0.2, 0) is 0 Å². The molecule has 0 aliphatic rings. The molecule has 0 radical (unpaired) electrons. The molecule has 12 aromatic carbocycles. The maximum absolute atomic E-state index is 2.46. The third-order valence-corrected chi connectivity index (χ3v) is 12.1. The normalized spacial score (nSPS) is 11.9. The van der Waals surface area contributed by atoms with Gasteiger partial charge in [-0.25, -0.2) is 0 Å². The van der Waals surface area contributed by atoms with E-state index in [4.69, 9.17) is 0 Å². The summed E-state index contributed by atoms with van der Waals surface area (Å²) in [6.07, 6.45) is 0. The molecule has 12 aromatic rings. The van der Waals surface area contributed by atoms with Crippen molar-refractivity contribution in [3.63, 3.8) is 0 Å². The minimum absolute atomic E-state index is 1.11. The molecule has 0 atom stereocenters. The van der Waals surface area contributed by atoms with Crippen molar-refractivity contribution in [1.29, 1.82) is 0 Å². The van der Waals surface area contributed by atoms with Crippen molar-refractivity contribution in [2.24, 2.45) is 0 Å². The van der Waals surface area contributed by atoms with Crippen molar-refractivity contribution in [3.05, 3.63) is 212 Å². The highest BCUT2D eigenvalue weighted by Crippen LogP contribution is 2.48. The van der Waals surface area contributed by atoms with Crippen LogP contribution in [0.25, 0.3) is 97.7 Å². The Kier molecular flexibility index (Phi) is 7.00. The van der Waals surface area contributed by atoms with Crippen molar-refractivity contribution >= 4 is 92.5 Å². The molecular formula is C56H35N. The summed E-state index contributed by atoms with van der Waals surface area (Å²) in [4.78, 5) is 2.46. The molecule has 0 aliphatic heterocycles. The first kappa shape index (κ1) is 31.8. The van der Waals surface area contributed by atoms with E-state index in [1.54, 1.807) is 0 Å². The van der Waals surface area contributed by atoms with Gasteiger partial charge in [0, 0.05) is 22.1 Å². The lowest BCUT2D eigenvalue weighted by Crippen LogP contribution is -2.10. The van der Waals surface area contributed by atoms with Crippen LogP contribution in [0.5, 0.6) is 0 Å². The fourth-order valence-electron chi connectivity index (χ4n) is 9.50. The van der Waals surface area contributed by atoms with Crippen LogP contribution >= 0.6 is 0 Å². The molecule has 0 N–H and O–H groups in total. The lowest BCUT2D eigenvalue weighted by atomic mass is 9.87. The Morgan fingerprint density at radius 1 is 0.228 bits per heavy atom. The van der Waals surface area contributed by atoms with Crippen molar-refractivity contribution < 1.29 is 0 Å². The summed E-state index contributed by atoms with van der Waals surface area (Å²) < 4.78 is 0. The van der Waals surface area contributed by atoms with Gasteiger partial charge in [0.15, 0.2) is 0 Å². The molecule has 0 fully saturated rings. The molecule has 57 heavy (non-hydrogen) atoms. The highest BCUT2D eigenvalue weighted by Gasteiger charge is 2.21. The highest BCUT2D eigenvalue weighted by molar-refractivity contribution is 6.38. The molecule has 0 heterocycles. The van der Waals surface area contributed by atoms with Gasteiger partial charge in [-0.1, -0.05) is 176 Å². The van der Waals surface area contributed by atoms with Crippen molar-refractivity contribution in [2.45, 2.75) is 0 Å². The van der Waals surface area contributed by atoms with Gasteiger partial charge in [0.1, 0.15) is 0 Å². The third-order valence-electron chi connectivity index (χ3n) is 12.1. The fraction of sp³-hybridized carbons (Fsp3) is 0. The van der Waals surface area contributed by atoms with E-state index >= 15 is 0 Å². The topological polar surface area (TPSA) is 3.24 Å². The molecule has 0 spiro atoms. The van der Waals surface area contributed by atoms with Gasteiger partial charge >= 0.3 is 0 Å². The first-order valence-corrected chi connectivity index (χ1v) is 19.8. The Bertz CT molecular complexity index is 3490. The molecule has 0 aromatic heterocycles. The summed E-state index contributed by atoms with van der Waals surface area (Å²) in [6.45, 7) is 0. The van der Waals surface area contributed by atoms with Crippen LogP contribution in [0.3, 0.4) is 0 Å². The van der Waals surface area contributed by atoms with E-state index in [9.17, 15) is 0 Å². The summed E-state index contributed by atoms with van der Waals surface area (Å²) in [6, 6.07) is 78.5. The molecule has 0 aliphatic carbocycles. The molecule has 0 amide bonds. The van der Waals surface area contributed by atoms with Crippen molar-refractivity contribution in [3.8, 4) is 22.3 Å². The first-order chi connectivity index (χ1) is 28.3. The van der Waals surface area contributed by atoms with Crippen molar-refractivity contribution in [1.82, 2.24) is 0 Å². The maximum Gasteiger partial charge on any atom is 0.0546 e. The molecule has 1 nitrogen and oxygen atoms in total. The molecule has 0 saturated heterocycles. The van der Waals surface area contributed by atoms with E-state index in [1.165, 1.54) is 97.7 Å². The van der Waals surface area contributed by atoms with E-state index in [-0.39, 0.29) is 0 Å². The Balaban J connectivity index is 1.15. The Morgan fingerprint density at radius 3 is 1.28 bits per heavy atom. The molecular weight excluding hydrogens is 687 g/mol. The van der Waals surface area contributed by atoms with Gasteiger partial charge in [0.25, 0.3) is 0 Å². The van der Waals surface area contributed by atoms with Crippen LogP contribution < -0.4 is 4.90 Å². The molecule has 0 unspecified atom stereocenters. The molecule has 12 rings (SSSR count). The SMILES string of the molecule is c1ccc(-c2ccc(N(c3ccc(-c4ccc5ccccc5c4)cc3)c3cc4cccc5c6cccc7ccc8cccc(c9cccc3c9c45)c8c76)cc2)cc1. The lowest BCUT2D eigenvalue weighted by molar-refractivity contribution is 1.30. The zero-order valence-corrected chi connectivity index (χ0v) is 31.2. The minimum Gasteiger partial charge on any atom is -0.310 e. The first-order valence-electron chi connectivity index (χ1n) is 19.8. The number of fused-ring (bicyclic) bond motifs is 3. The van der Waals surface area contributed by atoms with Crippen molar-refractivity contribution in [2.75, 3.05) is 4.90 Å². The number of rotatable bonds is 5. The highest BCUT2D eigenvalue weighted by atomic mass is 15.1. The van der Waals surface area contributed by atoms with E-state index in [2.05, 4.69) is 217 Å². The quantitative estimate of drug-likeness (QED) is 0.160. The second kappa shape index (κ2) is 12.5. The number of anilines is 3. The summed E-state index contributed by atoms with van der Waals surface area (Å²) in [7, 11) is 0. The summed E-state index contributed by atoms with van der Waals surface area (Å²) >= 11 is 0. The summed E-state index contributed by atoms with van der Waals surface area (Å²) in [5.74, 6) is 0. The predicted octanol–water partition coefficient (Wildman–Crippen LogP) is 16.0. The lowest BCUT2D eigenvalue weighted by Gasteiger charge is -2.28. The van der Waals surface area contributed by atoms with Crippen LogP contribution in [-0.4, -0.2) is 0 Å². The van der Waals surface area contributed by atoms with E-state index in [0.717, 1.165) is 17.1 Å². The Hall–Kier alpha value is -7.48. The average molecular weight is 722 g/mol. The third kappa shape index (κ3) is 4.96. The van der Waals surface area contributed by atoms with Crippen LogP contribution in [0.2, 0.25) is 0 Å². The Morgan fingerprint density at radius 2 is 0.649 bits per heavy atom. The summed E-state index contributed by atoms with van der Waals surface area (Å²) in [5.41, 5.74) is 8.19. The second-order valence-corrected chi connectivity index (χ2v) is 15.3. The number of hydrogen-bond acceptors (Lipinski definition) is 1. The van der Waals surface area contributed by atoms with Gasteiger partial charge < -0.3 is 4.90 Å². The molecule has 0 saturated carbocycles. The van der Waals surface area contributed by atoms with Crippen LogP contribution in [0, 0.1) is 0 Å². The fourth-order valence-corrected chi connectivity index (χ4v) is 9.50. The monoisotopic (exact) mass is 721 g/mol. The van der Waals surface area contributed by atoms with Gasteiger partial charge in [-0.2, -0.15) is 0 Å².